The highest BCUT2D eigenvalue weighted by molar-refractivity contribution is 9.10. The molecular formula is C15H22BrN. The summed E-state index contributed by atoms with van der Waals surface area (Å²) in [6.45, 7) is 0.849. The maximum absolute atomic E-state index is 5.73. The lowest BCUT2D eigenvalue weighted by molar-refractivity contribution is 0.225. The van der Waals surface area contributed by atoms with Crippen LogP contribution in [0, 0.1) is 11.8 Å². The van der Waals surface area contributed by atoms with Gasteiger partial charge < -0.3 is 5.73 Å². The molecule has 1 nitrogen and oxygen atoms in total. The highest BCUT2D eigenvalue weighted by atomic mass is 79.9. The lowest BCUT2D eigenvalue weighted by Crippen LogP contribution is -2.24. The summed E-state index contributed by atoms with van der Waals surface area (Å²) >= 11 is 3.49. The Morgan fingerprint density at radius 1 is 1.06 bits per heavy atom. The van der Waals surface area contributed by atoms with Crippen molar-refractivity contribution in [3.63, 3.8) is 0 Å². The molecule has 0 saturated heterocycles. The Balaban J connectivity index is 1.97. The van der Waals surface area contributed by atoms with Gasteiger partial charge in [0.25, 0.3) is 0 Å². The van der Waals surface area contributed by atoms with E-state index in [1.807, 2.05) is 0 Å². The molecule has 0 radical (unpaired) electrons. The number of rotatable bonds is 4. The number of halogens is 1. The Kier molecular flexibility index (Phi) is 5.05. The van der Waals surface area contributed by atoms with Gasteiger partial charge in [-0.25, -0.2) is 0 Å². The van der Waals surface area contributed by atoms with Gasteiger partial charge in [0.1, 0.15) is 0 Å². The van der Waals surface area contributed by atoms with Crippen LogP contribution in [0.3, 0.4) is 0 Å². The Morgan fingerprint density at radius 3 is 2.35 bits per heavy atom. The molecule has 1 aliphatic rings. The maximum atomic E-state index is 5.73. The van der Waals surface area contributed by atoms with Crippen molar-refractivity contribution < 1.29 is 0 Å². The van der Waals surface area contributed by atoms with E-state index in [0.717, 1.165) is 18.4 Å². The average molecular weight is 296 g/mol. The van der Waals surface area contributed by atoms with Crippen molar-refractivity contribution in [2.75, 3.05) is 6.54 Å². The highest BCUT2D eigenvalue weighted by Crippen LogP contribution is 2.34. The molecule has 0 bridgehead atoms. The van der Waals surface area contributed by atoms with Crippen LogP contribution in [0.25, 0.3) is 0 Å². The van der Waals surface area contributed by atoms with Crippen LogP contribution in [0.2, 0.25) is 0 Å². The van der Waals surface area contributed by atoms with Crippen molar-refractivity contribution in [3.8, 4) is 0 Å². The average Bonchev–Trinajstić information content (AvgIpc) is 2.35. The van der Waals surface area contributed by atoms with Gasteiger partial charge in [0, 0.05) is 4.47 Å². The van der Waals surface area contributed by atoms with E-state index in [2.05, 4.69) is 40.2 Å². The summed E-state index contributed by atoms with van der Waals surface area (Å²) < 4.78 is 1.17. The van der Waals surface area contributed by atoms with Gasteiger partial charge in [-0.1, -0.05) is 47.3 Å². The summed E-state index contributed by atoms with van der Waals surface area (Å²) in [5.41, 5.74) is 7.20. The molecule has 0 heterocycles. The van der Waals surface area contributed by atoms with Crippen LogP contribution in [-0.4, -0.2) is 6.54 Å². The van der Waals surface area contributed by atoms with Crippen LogP contribution in [0.1, 0.15) is 37.7 Å². The van der Waals surface area contributed by atoms with E-state index < -0.39 is 0 Å². The van der Waals surface area contributed by atoms with Crippen LogP contribution >= 0.6 is 15.9 Å². The van der Waals surface area contributed by atoms with E-state index in [1.54, 1.807) is 0 Å². The van der Waals surface area contributed by atoms with Gasteiger partial charge in [-0.2, -0.15) is 0 Å². The van der Waals surface area contributed by atoms with E-state index in [0.29, 0.717) is 0 Å². The van der Waals surface area contributed by atoms with Gasteiger partial charge in [-0.3, -0.25) is 0 Å². The normalized spacial score (nSPS) is 24.8. The SMILES string of the molecule is NCCC1CCCCC1Cc1ccc(Br)cc1. The van der Waals surface area contributed by atoms with Gasteiger partial charge in [0.2, 0.25) is 0 Å². The lowest BCUT2D eigenvalue weighted by atomic mass is 9.75. The summed E-state index contributed by atoms with van der Waals surface area (Å²) in [5, 5.41) is 0. The second-order valence-electron chi connectivity index (χ2n) is 5.21. The first-order valence-electron chi connectivity index (χ1n) is 6.74. The topological polar surface area (TPSA) is 26.0 Å². The second-order valence-corrected chi connectivity index (χ2v) is 6.13. The fourth-order valence-electron chi connectivity index (χ4n) is 3.07. The van der Waals surface area contributed by atoms with Crippen molar-refractivity contribution in [2.45, 2.75) is 38.5 Å². The van der Waals surface area contributed by atoms with E-state index in [-0.39, 0.29) is 0 Å². The van der Waals surface area contributed by atoms with E-state index >= 15 is 0 Å². The molecule has 1 aromatic rings. The minimum atomic E-state index is 0.849. The molecule has 2 atom stereocenters. The monoisotopic (exact) mass is 295 g/mol. The van der Waals surface area contributed by atoms with Crippen molar-refractivity contribution in [1.29, 1.82) is 0 Å². The van der Waals surface area contributed by atoms with Crippen molar-refractivity contribution in [3.05, 3.63) is 34.3 Å². The molecule has 1 aliphatic carbocycles. The molecule has 1 aromatic carbocycles. The lowest BCUT2D eigenvalue weighted by Gasteiger charge is -2.31. The van der Waals surface area contributed by atoms with Gasteiger partial charge in [0.05, 0.1) is 0 Å². The molecule has 0 aromatic heterocycles. The van der Waals surface area contributed by atoms with Crippen molar-refractivity contribution in [1.82, 2.24) is 0 Å². The third-order valence-corrected chi connectivity index (χ3v) is 4.54. The molecule has 1 fully saturated rings. The maximum Gasteiger partial charge on any atom is 0.0175 e. The molecule has 17 heavy (non-hydrogen) atoms. The van der Waals surface area contributed by atoms with Gasteiger partial charge in [-0.15, -0.1) is 0 Å². The molecule has 2 rings (SSSR count). The van der Waals surface area contributed by atoms with Crippen LogP contribution in [-0.2, 0) is 6.42 Å². The first-order chi connectivity index (χ1) is 8.29. The zero-order valence-electron chi connectivity index (χ0n) is 10.4. The molecule has 2 N–H and O–H groups in total. The third-order valence-electron chi connectivity index (χ3n) is 4.02. The number of nitrogens with two attached hydrogens (primary N) is 1. The first-order valence-corrected chi connectivity index (χ1v) is 7.53. The molecule has 0 aliphatic heterocycles. The zero-order valence-corrected chi connectivity index (χ0v) is 12.0. The molecule has 2 unspecified atom stereocenters. The quantitative estimate of drug-likeness (QED) is 0.887. The Labute approximate surface area is 113 Å². The van der Waals surface area contributed by atoms with Crippen molar-refractivity contribution >= 4 is 15.9 Å². The van der Waals surface area contributed by atoms with E-state index in [1.165, 1.54) is 48.6 Å². The summed E-state index contributed by atoms with van der Waals surface area (Å²) in [6, 6.07) is 8.79. The number of benzene rings is 1. The summed E-state index contributed by atoms with van der Waals surface area (Å²) in [6.07, 6.45) is 8.03. The summed E-state index contributed by atoms with van der Waals surface area (Å²) in [4.78, 5) is 0. The zero-order chi connectivity index (χ0) is 12.1. The van der Waals surface area contributed by atoms with Gasteiger partial charge >= 0.3 is 0 Å². The summed E-state index contributed by atoms with van der Waals surface area (Å²) in [7, 11) is 0. The number of hydrogen-bond donors (Lipinski definition) is 1. The predicted molar refractivity (Wildman–Crippen MR) is 77.0 cm³/mol. The molecule has 0 spiro atoms. The van der Waals surface area contributed by atoms with E-state index in [9.17, 15) is 0 Å². The van der Waals surface area contributed by atoms with Crippen molar-refractivity contribution in [2.24, 2.45) is 17.6 Å². The molecule has 94 valence electrons. The summed E-state index contributed by atoms with van der Waals surface area (Å²) in [5.74, 6) is 1.71. The van der Waals surface area contributed by atoms with Crippen LogP contribution in [0.15, 0.2) is 28.7 Å². The van der Waals surface area contributed by atoms with Crippen LogP contribution < -0.4 is 5.73 Å². The standard InChI is InChI=1S/C15H22BrN/c16-15-7-5-12(6-8-15)11-14-4-2-1-3-13(14)9-10-17/h5-8,13-14H,1-4,9-11,17H2. The van der Waals surface area contributed by atoms with E-state index in [4.69, 9.17) is 5.73 Å². The van der Waals surface area contributed by atoms with Crippen LogP contribution in [0.5, 0.6) is 0 Å². The Morgan fingerprint density at radius 2 is 1.71 bits per heavy atom. The molecule has 1 saturated carbocycles. The van der Waals surface area contributed by atoms with Gasteiger partial charge in [-0.05, 0) is 55.3 Å². The predicted octanol–water partition coefficient (Wildman–Crippen LogP) is 4.15. The first kappa shape index (κ1) is 13.1. The largest absolute Gasteiger partial charge is 0.330 e. The highest BCUT2D eigenvalue weighted by Gasteiger charge is 2.24. The number of hydrogen-bond acceptors (Lipinski definition) is 1. The molecule has 0 amide bonds. The second kappa shape index (κ2) is 6.55. The molecule has 2 heteroatoms. The molecular weight excluding hydrogens is 274 g/mol. The third kappa shape index (κ3) is 3.82. The minimum Gasteiger partial charge on any atom is -0.330 e. The fraction of sp³-hybridized carbons (Fsp3) is 0.600. The Bertz CT molecular complexity index is 331. The van der Waals surface area contributed by atoms with Crippen LogP contribution in [0.4, 0.5) is 0 Å². The minimum absolute atomic E-state index is 0.849. The smallest absolute Gasteiger partial charge is 0.0175 e. The van der Waals surface area contributed by atoms with Gasteiger partial charge in [0.15, 0.2) is 0 Å². The Hall–Kier alpha value is -0.340. The fourth-order valence-corrected chi connectivity index (χ4v) is 3.33.